The van der Waals surface area contributed by atoms with E-state index >= 15 is 0 Å². The second-order valence-electron chi connectivity index (χ2n) is 13.0. The molecule has 0 spiro atoms. The van der Waals surface area contributed by atoms with Gasteiger partial charge in [0.05, 0.1) is 0 Å². The second-order valence-corrected chi connectivity index (χ2v) is 14.1. The summed E-state index contributed by atoms with van der Waals surface area (Å²) in [4.78, 5) is 1.32. The average molecular weight is 643 g/mol. The molecule has 0 saturated carbocycles. The van der Waals surface area contributed by atoms with E-state index in [2.05, 4.69) is 184 Å². The van der Waals surface area contributed by atoms with Gasteiger partial charge in [-0.25, -0.2) is 0 Å². The van der Waals surface area contributed by atoms with Crippen LogP contribution in [0.5, 0.6) is 0 Å². The van der Waals surface area contributed by atoms with Crippen LogP contribution in [0.4, 0.5) is 0 Å². The van der Waals surface area contributed by atoms with Gasteiger partial charge in [-0.3, -0.25) is 0 Å². The standard InChI is InChI=1S/C48H34S/c1-31-17-21-35(22-18-31)47-42-28-26-38(30-44(42)49-48(47)36-23-19-32(2)20-24-36)37-25-27-41-43(29-37)46(34-13-7-4-8-14-34)40-16-10-9-15-39(40)45(41)33-11-5-3-6-12-33/h3-30H,1-2H3. The third-order valence-electron chi connectivity index (χ3n) is 9.83. The molecule has 49 heavy (non-hydrogen) atoms. The topological polar surface area (TPSA) is 0 Å². The first-order valence-electron chi connectivity index (χ1n) is 16.9. The van der Waals surface area contributed by atoms with Crippen molar-refractivity contribution in [3.8, 4) is 54.9 Å². The summed E-state index contributed by atoms with van der Waals surface area (Å²) in [5.41, 5.74) is 13.9. The number of rotatable bonds is 5. The Bertz CT molecular complexity index is 2630. The smallest absolute Gasteiger partial charge is 0.0433 e. The molecule has 0 nitrogen and oxygen atoms in total. The minimum absolute atomic E-state index is 1.23. The quantitative estimate of drug-likeness (QED) is 0.164. The Labute approximate surface area is 291 Å². The van der Waals surface area contributed by atoms with Gasteiger partial charge < -0.3 is 0 Å². The lowest BCUT2D eigenvalue weighted by Gasteiger charge is -2.18. The van der Waals surface area contributed by atoms with E-state index in [-0.39, 0.29) is 0 Å². The molecule has 0 atom stereocenters. The van der Waals surface area contributed by atoms with Crippen LogP contribution >= 0.6 is 11.3 Å². The van der Waals surface area contributed by atoms with Crippen LogP contribution in [0.25, 0.3) is 86.6 Å². The molecule has 0 amide bonds. The predicted molar refractivity (Wildman–Crippen MR) is 213 cm³/mol. The molecule has 0 radical (unpaired) electrons. The molecular formula is C48H34S. The summed E-state index contributed by atoms with van der Waals surface area (Å²) in [5, 5.41) is 6.40. The number of thiophene rings is 1. The minimum atomic E-state index is 1.23. The number of hydrogen-bond donors (Lipinski definition) is 0. The van der Waals surface area contributed by atoms with Crippen molar-refractivity contribution >= 4 is 43.0 Å². The Kier molecular flexibility index (Phi) is 7.22. The summed E-state index contributed by atoms with van der Waals surface area (Å²) in [6.07, 6.45) is 0. The van der Waals surface area contributed by atoms with Crippen LogP contribution in [0, 0.1) is 13.8 Å². The summed E-state index contributed by atoms with van der Waals surface area (Å²) in [5.74, 6) is 0. The van der Waals surface area contributed by atoms with Crippen LogP contribution in [0.1, 0.15) is 11.1 Å². The van der Waals surface area contributed by atoms with Gasteiger partial charge in [0.1, 0.15) is 0 Å². The van der Waals surface area contributed by atoms with E-state index in [9.17, 15) is 0 Å². The van der Waals surface area contributed by atoms with Gasteiger partial charge in [-0.1, -0.05) is 169 Å². The summed E-state index contributed by atoms with van der Waals surface area (Å²) in [7, 11) is 0. The van der Waals surface area contributed by atoms with Crippen LogP contribution < -0.4 is 0 Å². The maximum absolute atomic E-state index is 2.42. The molecule has 0 N–H and O–H groups in total. The Hall–Kier alpha value is -5.76. The summed E-state index contributed by atoms with van der Waals surface area (Å²) >= 11 is 1.90. The summed E-state index contributed by atoms with van der Waals surface area (Å²) in [6, 6.07) is 62.7. The highest BCUT2D eigenvalue weighted by molar-refractivity contribution is 7.23. The van der Waals surface area contributed by atoms with E-state index in [1.807, 2.05) is 11.3 Å². The lowest BCUT2D eigenvalue weighted by molar-refractivity contribution is 1.47. The molecule has 1 aromatic heterocycles. The summed E-state index contributed by atoms with van der Waals surface area (Å²) < 4.78 is 1.30. The van der Waals surface area contributed by atoms with Crippen molar-refractivity contribution in [3.05, 3.63) is 181 Å². The zero-order valence-electron chi connectivity index (χ0n) is 27.6. The second kappa shape index (κ2) is 12.0. The van der Waals surface area contributed by atoms with Crippen LogP contribution in [0.3, 0.4) is 0 Å². The molecular weight excluding hydrogens is 609 g/mol. The van der Waals surface area contributed by atoms with Crippen molar-refractivity contribution in [1.29, 1.82) is 0 Å². The molecule has 0 unspecified atom stereocenters. The number of aryl methyl sites for hydroxylation is 2. The van der Waals surface area contributed by atoms with E-state index in [0.717, 1.165) is 0 Å². The van der Waals surface area contributed by atoms with Crippen LogP contribution in [0.15, 0.2) is 170 Å². The molecule has 9 aromatic rings. The van der Waals surface area contributed by atoms with Gasteiger partial charge in [0.2, 0.25) is 0 Å². The van der Waals surface area contributed by atoms with Crippen molar-refractivity contribution in [2.24, 2.45) is 0 Å². The molecule has 0 bridgehead atoms. The van der Waals surface area contributed by atoms with E-state index in [4.69, 9.17) is 0 Å². The minimum Gasteiger partial charge on any atom is -0.135 e. The molecule has 0 saturated heterocycles. The van der Waals surface area contributed by atoms with E-state index < -0.39 is 0 Å². The van der Waals surface area contributed by atoms with Gasteiger partial charge in [0.25, 0.3) is 0 Å². The zero-order valence-corrected chi connectivity index (χ0v) is 28.4. The van der Waals surface area contributed by atoms with Gasteiger partial charge in [-0.15, -0.1) is 11.3 Å². The highest BCUT2D eigenvalue weighted by atomic mass is 32.1. The van der Waals surface area contributed by atoms with E-state index in [0.29, 0.717) is 0 Å². The Morgan fingerprint density at radius 1 is 0.306 bits per heavy atom. The maximum Gasteiger partial charge on any atom is 0.0433 e. The largest absolute Gasteiger partial charge is 0.135 e. The maximum atomic E-state index is 2.42. The fourth-order valence-corrected chi connectivity index (χ4v) is 8.65. The van der Waals surface area contributed by atoms with Crippen LogP contribution in [0.2, 0.25) is 0 Å². The van der Waals surface area contributed by atoms with Crippen LogP contribution in [-0.4, -0.2) is 0 Å². The molecule has 1 heterocycles. The van der Waals surface area contributed by atoms with Crippen LogP contribution in [-0.2, 0) is 0 Å². The third kappa shape index (κ3) is 5.15. The SMILES string of the molecule is Cc1ccc(-c2sc3cc(-c4ccc5c(-c6ccccc6)c6ccccc6c(-c6ccccc6)c5c4)ccc3c2-c2ccc(C)cc2)cc1. The van der Waals surface area contributed by atoms with Gasteiger partial charge >= 0.3 is 0 Å². The third-order valence-corrected chi connectivity index (χ3v) is 11.0. The first kappa shape index (κ1) is 29.4. The molecule has 0 aliphatic rings. The first-order valence-corrected chi connectivity index (χ1v) is 17.7. The average Bonchev–Trinajstić information content (AvgIpc) is 3.53. The molecule has 0 fully saturated rings. The van der Waals surface area contributed by atoms with Crippen molar-refractivity contribution in [2.45, 2.75) is 13.8 Å². The lowest BCUT2D eigenvalue weighted by Crippen LogP contribution is -1.91. The number of benzene rings is 8. The normalized spacial score (nSPS) is 11.5. The lowest BCUT2D eigenvalue weighted by atomic mass is 9.85. The Morgan fingerprint density at radius 3 is 1.33 bits per heavy atom. The monoisotopic (exact) mass is 642 g/mol. The Morgan fingerprint density at radius 2 is 0.735 bits per heavy atom. The fraction of sp³-hybridized carbons (Fsp3) is 0.0417. The molecule has 0 aliphatic carbocycles. The number of hydrogen-bond acceptors (Lipinski definition) is 1. The predicted octanol–water partition coefficient (Wildman–Crippen LogP) is 14.2. The molecule has 8 aromatic carbocycles. The molecule has 232 valence electrons. The van der Waals surface area contributed by atoms with E-state index in [1.54, 1.807) is 0 Å². The Balaban J connectivity index is 1.29. The van der Waals surface area contributed by atoms with Gasteiger partial charge in [0, 0.05) is 20.5 Å². The molecule has 0 aliphatic heterocycles. The van der Waals surface area contributed by atoms with Gasteiger partial charge in [0.15, 0.2) is 0 Å². The summed E-state index contributed by atoms with van der Waals surface area (Å²) in [6.45, 7) is 4.31. The molecule has 9 rings (SSSR count). The number of fused-ring (bicyclic) bond motifs is 3. The van der Waals surface area contributed by atoms with E-state index in [1.165, 1.54) is 97.7 Å². The highest BCUT2D eigenvalue weighted by Crippen LogP contribution is 2.48. The van der Waals surface area contributed by atoms with Gasteiger partial charge in [-0.2, -0.15) is 0 Å². The zero-order chi connectivity index (χ0) is 32.9. The fourth-order valence-electron chi connectivity index (χ4n) is 7.38. The van der Waals surface area contributed by atoms with Crippen molar-refractivity contribution in [3.63, 3.8) is 0 Å². The molecule has 1 heteroatoms. The van der Waals surface area contributed by atoms with Crippen molar-refractivity contribution in [1.82, 2.24) is 0 Å². The van der Waals surface area contributed by atoms with Crippen molar-refractivity contribution < 1.29 is 0 Å². The first-order chi connectivity index (χ1) is 24.1. The van der Waals surface area contributed by atoms with Crippen molar-refractivity contribution in [2.75, 3.05) is 0 Å². The van der Waals surface area contributed by atoms with Gasteiger partial charge in [-0.05, 0) is 92.0 Å². The highest BCUT2D eigenvalue weighted by Gasteiger charge is 2.19.